The monoisotopic (exact) mass is 249 g/mol. The lowest BCUT2D eigenvalue weighted by Crippen LogP contribution is -2.19. The van der Waals surface area contributed by atoms with Gasteiger partial charge in [-0.05, 0) is 44.6 Å². The second-order valence-corrected chi connectivity index (χ2v) is 4.43. The summed E-state index contributed by atoms with van der Waals surface area (Å²) < 4.78 is 4.98. The number of rotatable bonds is 6. The molecule has 2 aromatic rings. The third-order valence-electron chi connectivity index (χ3n) is 3.01. The first-order valence-electron chi connectivity index (χ1n) is 6.19. The van der Waals surface area contributed by atoms with Gasteiger partial charge >= 0.3 is 5.76 Å². The molecule has 2 rings (SSSR count). The van der Waals surface area contributed by atoms with Crippen molar-refractivity contribution in [2.45, 2.75) is 12.8 Å². The van der Waals surface area contributed by atoms with Crippen molar-refractivity contribution in [3.05, 3.63) is 28.7 Å². The number of benzene rings is 1. The van der Waals surface area contributed by atoms with E-state index in [9.17, 15) is 4.79 Å². The second kappa shape index (κ2) is 5.73. The van der Waals surface area contributed by atoms with Gasteiger partial charge < -0.3 is 14.6 Å². The Balaban J connectivity index is 2.03. The fraction of sp³-hybridized carbons (Fsp3) is 0.462. The van der Waals surface area contributed by atoms with Gasteiger partial charge in [0, 0.05) is 19.3 Å². The fourth-order valence-electron chi connectivity index (χ4n) is 1.96. The number of aromatic amines is 1. The molecule has 0 aliphatic carbocycles. The van der Waals surface area contributed by atoms with Gasteiger partial charge in [0.15, 0.2) is 5.58 Å². The maximum Gasteiger partial charge on any atom is 0.417 e. The van der Waals surface area contributed by atoms with Crippen molar-refractivity contribution in [1.29, 1.82) is 0 Å². The van der Waals surface area contributed by atoms with Crippen LogP contribution >= 0.6 is 0 Å². The van der Waals surface area contributed by atoms with Gasteiger partial charge in [-0.1, -0.05) is 0 Å². The van der Waals surface area contributed by atoms with Crippen LogP contribution in [0.4, 0.5) is 5.69 Å². The minimum Gasteiger partial charge on any atom is -0.408 e. The van der Waals surface area contributed by atoms with Crippen LogP contribution in [0.5, 0.6) is 0 Å². The van der Waals surface area contributed by atoms with Crippen molar-refractivity contribution in [1.82, 2.24) is 10.3 Å². The first-order chi connectivity index (χ1) is 8.70. The third kappa shape index (κ3) is 2.92. The van der Waals surface area contributed by atoms with Gasteiger partial charge in [-0.2, -0.15) is 0 Å². The van der Waals surface area contributed by atoms with E-state index in [1.807, 2.05) is 25.2 Å². The molecule has 1 aromatic carbocycles. The van der Waals surface area contributed by atoms with E-state index in [0.717, 1.165) is 37.1 Å². The van der Waals surface area contributed by atoms with Gasteiger partial charge in [-0.15, -0.1) is 0 Å². The third-order valence-corrected chi connectivity index (χ3v) is 3.01. The minimum atomic E-state index is -0.404. The maximum atomic E-state index is 11.1. The molecule has 18 heavy (non-hydrogen) atoms. The molecule has 0 atom stereocenters. The Morgan fingerprint density at radius 3 is 3.00 bits per heavy atom. The smallest absolute Gasteiger partial charge is 0.408 e. The maximum absolute atomic E-state index is 11.1. The zero-order valence-corrected chi connectivity index (χ0v) is 10.8. The predicted molar refractivity (Wildman–Crippen MR) is 73.3 cm³/mol. The van der Waals surface area contributed by atoms with Crippen LogP contribution in [0.1, 0.15) is 12.8 Å². The van der Waals surface area contributed by atoms with Crippen LogP contribution in [0.3, 0.4) is 0 Å². The molecule has 0 spiro atoms. The molecular weight excluding hydrogens is 230 g/mol. The van der Waals surface area contributed by atoms with Crippen molar-refractivity contribution in [2.75, 3.05) is 32.1 Å². The Morgan fingerprint density at radius 1 is 1.39 bits per heavy atom. The highest BCUT2D eigenvalue weighted by atomic mass is 16.4. The molecule has 2 N–H and O–H groups in total. The second-order valence-electron chi connectivity index (χ2n) is 4.43. The SMILES string of the molecule is CNCCCCN(C)c1ccc2oc(=O)[nH]c2c1. The molecule has 5 heteroatoms. The first-order valence-corrected chi connectivity index (χ1v) is 6.19. The topological polar surface area (TPSA) is 61.3 Å². The normalized spacial score (nSPS) is 11.0. The summed E-state index contributed by atoms with van der Waals surface area (Å²) in [6, 6.07) is 5.74. The van der Waals surface area contributed by atoms with E-state index in [4.69, 9.17) is 4.42 Å². The molecule has 0 fully saturated rings. The quantitative estimate of drug-likeness (QED) is 0.763. The number of oxazole rings is 1. The Hall–Kier alpha value is -1.75. The average molecular weight is 249 g/mol. The van der Waals surface area contributed by atoms with Crippen LogP contribution in [0.2, 0.25) is 0 Å². The van der Waals surface area contributed by atoms with E-state index in [-0.39, 0.29) is 0 Å². The summed E-state index contributed by atoms with van der Waals surface area (Å²) in [5.41, 5.74) is 2.44. The number of fused-ring (bicyclic) bond motifs is 1. The van der Waals surface area contributed by atoms with Gasteiger partial charge in [0.25, 0.3) is 0 Å². The lowest BCUT2D eigenvalue weighted by molar-refractivity contribution is 0.555. The lowest BCUT2D eigenvalue weighted by Gasteiger charge is -2.19. The van der Waals surface area contributed by atoms with E-state index in [2.05, 4.69) is 22.2 Å². The summed E-state index contributed by atoms with van der Waals surface area (Å²) in [6.45, 7) is 2.04. The van der Waals surface area contributed by atoms with E-state index in [1.165, 1.54) is 0 Å². The molecule has 5 nitrogen and oxygen atoms in total. The zero-order chi connectivity index (χ0) is 13.0. The van der Waals surface area contributed by atoms with Crippen molar-refractivity contribution >= 4 is 16.8 Å². The minimum absolute atomic E-state index is 0.404. The summed E-state index contributed by atoms with van der Waals surface area (Å²) in [5, 5.41) is 3.14. The summed E-state index contributed by atoms with van der Waals surface area (Å²) >= 11 is 0. The Labute approximate surface area is 106 Å². The highest BCUT2D eigenvalue weighted by Crippen LogP contribution is 2.19. The van der Waals surface area contributed by atoms with Crippen LogP contribution < -0.4 is 16.0 Å². The Bertz CT molecular complexity index is 559. The summed E-state index contributed by atoms with van der Waals surface area (Å²) in [4.78, 5) is 15.9. The molecule has 1 heterocycles. The molecule has 0 aliphatic rings. The van der Waals surface area contributed by atoms with E-state index in [0.29, 0.717) is 5.58 Å². The van der Waals surface area contributed by atoms with Gasteiger partial charge in [-0.25, -0.2) is 4.79 Å². The number of aromatic nitrogens is 1. The molecule has 1 aromatic heterocycles. The van der Waals surface area contributed by atoms with Gasteiger partial charge in [0.2, 0.25) is 0 Å². The van der Waals surface area contributed by atoms with E-state index >= 15 is 0 Å². The lowest BCUT2D eigenvalue weighted by atomic mass is 10.2. The number of hydrogen-bond donors (Lipinski definition) is 2. The largest absolute Gasteiger partial charge is 0.417 e. The molecule has 0 saturated carbocycles. The number of anilines is 1. The van der Waals surface area contributed by atoms with Crippen LogP contribution in [0, 0.1) is 0 Å². The summed E-state index contributed by atoms with van der Waals surface area (Å²) in [6.07, 6.45) is 2.29. The number of nitrogens with one attached hydrogen (secondary N) is 2. The van der Waals surface area contributed by atoms with Gasteiger partial charge in [0.05, 0.1) is 5.52 Å². The van der Waals surface area contributed by atoms with Crippen LogP contribution in [-0.2, 0) is 0 Å². The number of nitrogens with zero attached hydrogens (tertiary/aromatic N) is 1. The van der Waals surface area contributed by atoms with E-state index < -0.39 is 5.76 Å². The number of H-pyrrole nitrogens is 1. The molecule has 0 aliphatic heterocycles. The summed E-state index contributed by atoms with van der Waals surface area (Å²) in [7, 11) is 4.02. The van der Waals surface area contributed by atoms with Crippen LogP contribution in [-0.4, -0.2) is 32.2 Å². The zero-order valence-electron chi connectivity index (χ0n) is 10.8. The Morgan fingerprint density at radius 2 is 2.22 bits per heavy atom. The van der Waals surface area contributed by atoms with Crippen molar-refractivity contribution in [3.8, 4) is 0 Å². The highest BCUT2D eigenvalue weighted by Gasteiger charge is 2.05. The van der Waals surface area contributed by atoms with Crippen molar-refractivity contribution < 1.29 is 4.42 Å². The summed E-state index contributed by atoms with van der Waals surface area (Å²) in [5.74, 6) is -0.404. The van der Waals surface area contributed by atoms with Crippen molar-refractivity contribution in [2.24, 2.45) is 0 Å². The molecular formula is C13H19N3O2. The van der Waals surface area contributed by atoms with Gasteiger partial charge in [0.1, 0.15) is 0 Å². The fourth-order valence-corrected chi connectivity index (χ4v) is 1.96. The average Bonchev–Trinajstić information content (AvgIpc) is 2.73. The van der Waals surface area contributed by atoms with Crippen molar-refractivity contribution in [3.63, 3.8) is 0 Å². The molecule has 0 radical (unpaired) electrons. The number of hydrogen-bond acceptors (Lipinski definition) is 4. The molecule has 0 amide bonds. The first kappa shape index (κ1) is 12.7. The van der Waals surface area contributed by atoms with Crippen LogP contribution in [0.15, 0.2) is 27.4 Å². The molecule has 0 saturated heterocycles. The van der Waals surface area contributed by atoms with Crippen LogP contribution in [0.25, 0.3) is 11.1 Å². The highest BCUT2D eigenvalue weighted by molar-refractivity contribution is 5.77. The standard InChI is InChI=1S/C13H19N3O2/c1-14-7-3-4-8-16(2)10-5-6-12-11(9-10)15-13(17)18-12/h5-6,9,14H,3-4,7-8H2,1-2H3,(H,15,17). The molecule has 0 bridgehead atoms. The molecule has 0 unspecified atom stereocenters. The Kier molecular flexibility index (Phi) is 4.04. The number of unbranched alkanes of at least 4 members (excludes halogenated alkanes) is 1. The van der Waals surface area contributed by atoms with Gasteiger partial charge in [-0.3, -0.25) is 4.98 Å². The van der Waals surface area contributed by atoms with E-state index in [1.54, 1.807) is 0 Å². The predicted octanol–water partition coefficient (Wildman–Crippen LogP) is 1.56. The molecule has 98 valence electrons.